The lowest BCUT2D eigenvalue weighted by molar-refractivity contribution is -0.137. The number of hydrogen-bond acceptors (Lipinski definition) is 1. The van der Waals surface area contributed by atoms with E-state index < -0.39 is 13.2 Å². The number of rotatable bonds is 7. The van der Waals surface area contributed by atoms with Crippen molar-refractivity contribution in [3.05, 3.63) is 91.0 Å². The van der Waals surface area contributed by atoms with Crippen molar-refractivity contribution in [1.82, 2.24) is 0 Å². The van der Waals surface area contributed by atoms with Crippen LogP contribution < -0.4 is 15.9 Å². The number of hydrogen-bond donors (Lipinski definition) is 1. The van der Waals surface area contributed by atoms with E-state index in [1.165, 1.54) is 15.9 Å². The summed E-state index contributed by atoms with van der Waals surface area (Å²) in [4.78, 5) is 11.1. The zero-order valence-corrected chi connectivity index (χ0v) is 17.1. The average Bonchev–Trinajstić information content (AvgIpc) is 2.67. The van der Waals surface area contributed by atoms with E-state index in [2.05, 4.69) is 72.8 Å². The van der Waals surface area contributed by atoms with Gasteiger partial charge in [-0.05, 0) is 35.8 Å². The number of aliphatic carboxylic acids is 1. The van der Waals surface area contributed by atoms with Crippen LogP contribution in [0.1, 0.15) is 12.8 Å². The Morgan fingerprint density at radius 1 is 0.692 bits per heavy atom. The molecule has 0 aromatic heterocycles. The highest BCUT2D eigenvalue weighted by Gasteiger charge is 2.33. The Morgan fingerprint density at radius 3 is 1.35 bits per heavy atom. The molecule has 0 aliphatic rings. The fraction of sp³-hybridized carbons (Fsp3) is 0.136. The Labute approximate surface area is 166 Å². The van der Waals surface area contributed by atoms with Gasteiger partial charge in [0.15, 0.2) is 0 Å². The summed E-state index contributed by atoms with van der Waals surface area (Å²) >= 11 is 0. The van der Waals surface area contributed by atoms with Crippen LogP contribution in [-0.4, -0.2) is 17.2 Å². The maximum atomic E-state index is 11.1. The molecule has 1 radical (unpaired) electrons. The molecule has 0 amide bonds. The van der Waals surface area contributed by atoms with Crippen molar-refractivity contribution in [2.75, 3.05) is 6.16 Å². The third kappa shape index (κ3) is 4.41. The van der Waals surface area contributed by atoms with E-state index in [-0.39, 0.29) is 23.4 Å². The van der Waals surface area contributed by atoms with Crippen LogP contribution in [-0.2, 0) is 4.79 Å². The Hall–Kier alpha value is -1.96. The molecule has 26 heavy (non-hydrogen) atoms. The smallest absolute Gasteiger partial charge is 0.303 e. The van der Waals surface area contributed by atoms with Gasteiger partial charge in [-0.25, -0.2) is 0 Å². The number of halogens is 1. The van der Waals surface area contributed by atoms with E-state index in [9.17, 15) is 4.79 Å². The average molecular weight is 430 g/mol. The molecule has 0 saturated carbocycles. The summed E-state index contributed by atoms with van der Waals surface area (Å²) in [6, 6.07) is 31.7. The molecule has 0 unspecified atom stereocenters. The molecule has 3 aromatic carbocycles. The van der Waals surface area contributed by atoms with Gasteiger partial charge in [-0.15, -0.1) is 17.0 Å². The molecular weight excluding hydrogens is 407 g/mol. The molecule has 0 bridgehead atoms. The minimum Gasteiger partial charge on any atom is -0.481 e. The monoisotopic (exact) mass is 429 g/mol. The van der Waals surface area contributed by atoms with Crippen LogP contribution in [0.4, 0.5) is 0 Å². The largest absolute Gasteiger partial charge is 0.481 e. The fourth-order valence-electron chi connectivity index (χ4n) is 3.35. The van der Waals surface area contributed by atoms with Gasteiger partial charge < -0.3 is 5.11 Å². The van der Waals surface area contributed by atoms with E-state index in [4.69, 9.17) is 5.11 Å². The summed E-state index contributed by atoms with van der Waals surface area (Å²) in [6.45, 7) is 0. The molecule has 0 aliphatic heterocycles. The highest BCUT2D eigenvalue weighted by molar-refractivity contribution is 8.93. The van der Waals surface area contributed by atoms with Gasteiger partial charge in [0.25, 0.3) is 0 Å². The molecule has 0 saturated heterocycles. The van der Waals surface area contributed by atoms with Gasteiger partial charge in [0, 0.05) is 6.42 Å². The Kier molecular flexibility index (Phi) is 7.56. The van der Waals surface area contributed by atoms with E-state index in [0.29, 0.717) is 6.42 Å². The lowest BCUT2D eigenvalue weighted by atomic mass is 10.3. The molecule has 2 nitrogen and oxygen atoms in total. The fourth-order valence-corrected chi connectivity index (χ4v) is 7.69. The number of carboxylic acids is 1. The summed E-state index contributed by atoms with van der Waals surface area (Å²) < 4.78 is 0. The third-order valence-electron chi connectivity index (χ3n) is 4.48. The molecule has 135 valence electrons. The molecule has 0 heterocycles. The first-order valence-electron chi connectivity index (χ1n) is 8.50. The zero-order chi connectivity index (χ0) is 17.5. The Bertz CT molecular complexity index is 711. The number of benzene rings is 3. The highest BCUT2D eigenvalue weighted by Crippen LogP contribution is 2.55. The topological polar surface area (TPSA) is 37.3 Å². The Morgan fingerprint density at radius 2 is 1.04 bits per heavy atom. The summed E-state index contributed by atoms with van der Waals surface area (Å²) in [5.74, 6) is -0.729. The van der Waals surface area contributed by atoms with Crippen molar-refractivity contribution >= 4 is 46.1 Å². The maximum absolute atomic E-state index is 11.1. The first-order chi connectivity index (χ1) is 12.2. The second-order valence-corrected chi connectivity index (χ2v) is 9.65. The van der Waals surface area contributed by atoms with E-state index in [1.54, 1.807) is 0 Å². The first-order valence-corrected chi connectivity index (χ1v) is 10.5. The van der Waals surface area contributed by atoms with E-state index in [1.807, 2.05) is 18.2 Å². The van der Waals surface area contributed by atoms with Gasteiger partial charge in [0.05, 0.1) is 0 Å². The molecule has 3 rings (SSSR count). The SMILES string of the molecule is Br.O=C(O)CCC[P](c1ccccc1)(c1ccccc1)c1ccccc1. The Balaban J connectivity index is 0.00000243. The molecule has 4 heteroatoms. The van der Waals surface area contributed by atoms with Gasteiger partial charge in [-0.2, -0.15) is 0 Å². The summed E-state index contributed by atoms with van der Waals surface area (Å²) in [7, 11) is -1.87. The highest BCUT2D eigenvalue weighted by atomic mass is 79.9. The number of carbonyl (C=O) groups is 1. The molecular formula is C22H23BrO2P. The van der Waals surface area contributed by atoms with Crippen LogP contribution in [0.5, 0.6) is 0 Å². The predicted molar refractivity (Wildman–Crippen MR) is 117 cm³/mol. The summed E-state index contributed by atoms with van der Waals surface area (Å²) in [5, 5.41) is 13.0. The number of carboxylic acid groups (broad SMARTS) is 1. The van der Waals surface area contributed by atoms with Crippen molar-refractivity contribution < 1.29 is 9.90 Å². The molecule has 0 aliphatic carbocycles. The van der Waals surface area contributed by atoms with Crippen LogP contribution in [0.15, 0.2) is 91.0 Å². The predicted octanol–water partition coefficient (Wildman–Crippen LogP) is 4.42. The zero-order valence-electron chi connectivity index (χ0n) is 14.5. The van der Waals surface area contributed by atoms with Gasteiger partial charge in [0.2, 0.25) is 0 Å². The lowest BCUT2D eigenvalue weighted by Gasteiger charge is -2.38. The van der Waals surface area contributed by atoms with Crippen molar-refractivity contribution in [1.29, 1.82) is 0 Å². The van der Waals surface area contributed by atoms with E-state index >= 15 is 0 Å². The van der Waals surface area contributed by atoms with E-state index in [0.717, 1.165) is 6.16 Å². The van der Waals surface area contributed by atoms with Gasteiger partial charge >= 0.3 is 5.97 Å². The second kappa shape index (κ2) is 9.66. The molecule has 0 atom stereocenters. The molecule has 0 fully saturated rings. The van der Waals surface area contributed by atoms with Crippen molar-refractivity contribution in [2.24, 2.45) is 0 Å². The van der Waals surface area contributed by atoms with Crippen molar-refractivity contribution in [2.45, 2.75) is 12.8 Å². The van der Waals surface area contributed by atoms with Crippen molar-refractivity contribution in [3.63, 3.8) is 0 Å². The second-order valence-electron chi connectivity index (χ2n) is 6.04. The van der Waals surface area contributed by atoms with Crippen molar-refractivity contribution in [3.8, 4) is 0 Å². The lowest BCUT2D eigenvalue weighted by Crippen LogP contribution is -2.33. The quantitative estimate of drug-likeness (QED) is 0.564. The van der Waals surface area contributed by atoms with Crippen LogP contribution in [0.2, 0.25) is 0 Å². The first kappa shape index (κ1) is 20.4. The standard InChI is InChI=1S/C22H22O2P.BrH/c23-22(24)17-10-18-25(19-11-4-1-5-12-19,20-13-6-2-7-14-20)21-15-8-3-9-16-21;/h1-9,11-16H,10,17-18H2,(H,23,24);1H. The molecule has 0 spiro atoms. The maximum Gasteiger partial charge on any atom is 0.303 e. The molecule has 1 N–H and O–H groups in total. The summed E-state index contributed by atoms with van der Waals surface area (Å²) in [5.41, 5.74) is 0. The summed E-state index contributed by atoms with van der Waals surface area (Å²) in [6.07, 6.45) is 1.73. The van der Waals surface area contributed by atoms with Gasteiger partial charge in [-0.3, -0.25) is 4.79 Å². The minimum absolute atomic E-state index is 0. The van der Waals surface area contributed by atoms with Gasteiger partial charge in [0.1, 0.15) is 0 Å². The van der Waals surface area contributed by atoms with Crippen LogP contribution >= 0.6 is 24.2 Å². The third-order valence-corrected chi connectivity index (χ3v) is 9.00. The minimum atomic E-state index is -1.87. The normalized spacial score (nSPS) is 10.8. The van der Waals surface area contributed by atoms with Crippen LogP contribution in [0.3, 0.4) is 0 Å². The van der Waals surface area contributed by atoms with Gasteiger partial charge in [-0.1, -0.05) is 91.0 Å². The molecule has 3 aromatic rings. The van der Waals surface area contributed by atoms with Crippen LogP contribution in [0, 0.1) is 0 Å². The van der Waals surface area contributed by atoms with Crippen LogP contribution in [0.25, 0.3) is 0 Å².